The zero-order chi connectivity index (χ0) is 12.1. The molecule has 0 aromatic rings. The Kier molecular flexibility index (Phi) is 6.16. The first kappa shape index (κ1) is 14.7. The van der Waals surface area contributed by atoms with Crippen LogP contribution >= 0.6 is 0 Å². The lowest BCUT2D eigenvalue weighted by molar-refractivity contribution is -0.124. The maximum atomic E-state index is 12.0. The highest BCUT2D eigenvalue weighted by Crippen LogP contribution is 2.29. The topological polar surface area (TPSA) is 17.1 Å². The minimum Gasteiger partial charge on any atom is -0.299 e. The van der Waals surface area contributed by atoms with Crippen LogP contribution in [-0.4, -0.2) is 5.78 Å². The quantitative estimate of drug-likeness (QED) is 0.635. The van der Waals surface area contributed by atoms with Crippen molar-refractivity contribution in [1.82, 2.24) is 0 Å². The molecule has 1 unspecified atom stereocenters. The number of ketones is 1. The second-order valence-electron chi connectivity index (χ2n) is 6.31. The molecule has 0 rings (SSSR count). The molecule has 1 heteroatoms. The Balaban J connectivity index is 4.31. The monoisotopic (exact) mass is 212 g/mol. The normalized spacial score (nSPS) is 14.3. The number of carbonyl (C=O) groups is 1. The van der Waals surface area contributed by atoms with E-state index in [1.54, 1.807) is 0 Å². The molecule has 0 bridgehead atoms. The van der Waals surface area contributed by atoms with Crippen molar-refractivity contribution >= 4 is 5.78 Å². The molecule has 0 aliphatic rings. The molecule has 0 radical (unpaired) electrons. The molecule has 0 spiro atoms. The van der Waals surface area contributed by atoms with E-state index in [1.165, 1.54) is 0 Å². The van der Waals surface area contributed by atoms with Crippen LogP contribution in [0.5, 0.6) is 0 Å². The summed E-state index contributed by atoms with van der Waals surface area (Å²) in [4.78, 5) is 12.0. The number of Topliss-reactive ketones (excluding diaryl/α,β-unsaturated/α-hetero) is 1. The lowest BCUT2D eigenvalue weighted by Crippen LogP contribution is -2.22. The van der Waals surface area contributed by atoms with Crippen molar-refractivity contribution < 1.29 is 4.79 Å². The van der Waals surface area contributed by atoms with E-state index in [-0.39, 0.29) is 11.3 Å². The molecule has 1 atom stereocenters. The van der Waals surface area contributed by atoms with Gasteiger partial charge in [-0.25, -0.2) is 0 Å². The van der Waals surface area contributed by atoms with Gasteiger partial charge in [0.1, 0.15) is 5.78 Å². The summed E-state index contributed by atoms with van der Waals surface area (Å²) in [6.45, 7) is 13.1. The third-order valence-corrected chi connectivity index (χ3v) is 2.56. The van der Waals surface area contributed by atoms with Gasteiger partial charge >= 0.3 is 0 Å². The average molecular weight is 212 g/mol. The van der Waals surface area contributed by atoms with E-state index >= 15 is 0 Å². The summed E-state index contributed by atoms with van der Waals surface area (Å²) < 4.78 is 0. The fourth-order valence-electron chi connectivity index (χ4n) is 2.03. The van der Waals surface area contributed by atoms with Gasteiger partial charge in [-0.1, -0.05) is 48.0 Å². The van der Waals surface area contributed by atoms with Crippen molar-refractivity contribution in [2.45, 2.75) is 67.2 Å². The maximum Gasteiger partial charge on any atom is 0.136 e. The highest BCUT2D eigenvalue weighted by molar-refractivity contribution is 5.81. The Morgan fingerprint density at radius 2 is 1.73 bits per heavy atom. The molecule has 15 heavy (non-hydrogen) atoms. The van der Waals surface area contributed by atoms with Crippen LogP contribution in [0.4, 0.5) is 0 Å². The van der Waals surface area contributed by atoms with Gasteiger partial charge in [0.05, 0.1) is 0 Å². The van der Waals surface area contributed by atoms with E-state index in [9.17, 15) is 4.79 Å². The van der Waals surface area contributed by atoms with Crippen LogP contribution in [0.15, 0.2) is 0 Å². The van der Waals surface area contributed by atoms with Crippen LogP contribution < -0.4 is 0 Å². The first-order valence-electron chi connectivity index (χ1n) is 6.29. The van der Waals surface area contributed by atoms with Gasteiger partial charge in [0.15, 0.2) is 0 Å². The van der Waals surface area contributed by atoms with Crippen LogP contribution in [0.3, 0.4) is 0 Å². The van der Waals surface area contributed by atoms with Gasteiger partial charge < -0.3 is 0 Å². The van der Waals surface area contributed by atoms with Crippen molar-refractivity contribution in [2.24, 2.45) is 17.3 Å². The summed E-state index contributed by atoms with van der Waals surface area (Å²) in [5, 5.41) is 0. The van der Waals surface area contributed by atoms with Gasteiger partial charge in [0.2, 0.25) is 0 Å². The summed E-state index contributed by atoms with van der Waals surface area (Å²) >= 11 is 0. The minimum atomic E-state index is 0.270. The van der Waals surface area contributed by atoms with Crippen LogP contribution in [0, 0.1) is 17.3 Å². The highest BCUT2D eigenvalue weighted by atomic mass is 16.1. The predicted octanol–water partition coefficient (Wildman–Crippen LogP) is 4.45. The molecular formula is C14H28O. The highest BCUT2D eigenvalue weighted by Gasteiger charge is 2.24. The van der Waals surface area contributed by atoms with Crippen LogP contribution in [0.25, 0.3) is 0 Å². The van der Waals surface area contributed by atoms with Gasteiger partial charge in [-0.2, -0.15) is 0 Å². The third kappa shape index (κ3) is 7.58. The van der Waals surface area contributed by atoms with Crippen molar-refractivity contribution in [3.8, 4) is 0 Å². The van der Waals surface area contributed by atoms with Gasteiger partial charge in [-0.05, 0) is 24.2 Å². The fraction of sp³-hybridized carbons (Fsp3) is 0.929. The summed E-state index contributed by atoms with van der Waals surface area (Å²) in [7, 11) is 0. The summed E-state index contributed by atoms with van der Waals surface area (Å²) in [5.74, 6) is 1.26. The molecule has 90 valence electrons. The largest absolute Gasteiger partial charge is 0.299 e. The van der Waals surface area contributed by atoms with Gasteiger partial charge in [-0.15, -0.1) is 0 Å². The molecule has 0 aromatic heterocycles. The average Bonchev–Trinajstić information content (AvgIpc) is 1.99. The Hall–Kier alpha value is -0.330. The summed E-state index contributed by atoms with van der Waals surface area (Å²) in [6, 6.07) is 0. The zero-order valence-electron chi connectivity index (χ0n) is 11.4. The first-order valence-corrected chi connectivity index (χ1v) is 6.29. The molecule has 0 fully saturated rings. The SMILES string of the molecule is CCCC(CC(C)(C)C)C(=O)CC(C)C. The zero-order valence-corrected chi connectivity index (χ0v) is 11.4. The van der Waals surface area contributed by atoms with Crippen LogP contribution in [-0.2, 0) is 4.79 Å². The lowest BCUT2D eigenvalue weighted by Gasteiger charge is -2.25. The molecule has 1 nitrogen and oxygen atoms in total. The molecule has 0 amide bonds. The van der Waals surface area contributed by atoms with E-state index in [0.717, 1.165) is 25.7 Å². The molecule has 0 aliphatic carbocycles. The van der Waals surface area contributed by atoms with Gasteiger partial charge in [-0.3, -0.25) is 4.79 Å². The number of carbonyl (C=O) groups excluding carboxylic acids is 1. The molecule has 0 N–H and O–H groups in total. The standard InChI is InChI=1S/C14H28O/c1-7-8-12(10-14(4,5)6)13(15)9-11(2)3/h11-12H,7-10H2,1-6H3. The van der Waals surface area contributed by atoms with Crippen molar-refractivity contribution in [2.75, 3.05) is 0 Å². The van der Waals surface area contributed by atoms with E-state index < -0.39 is 0 Å². The Morgan fingerprint density at radius 3 is 2.07 bits per heavy atom. The second-order valence-corrected chi connectivity index (χ2v) is 6.31. The number of hydrogen-bond donors (Lipinski definition) is 0. The molecular weight excluding hydrogens is 184 g/mol. The Labute approximate surface area is 95.6 Å². The lowest BCUT2D eigenvalue weighted by atomic mass is 9.79. The Morgan fingerprint density at radius 1 is 1.20 bits per heavy atom. The van der Waals surface area contributed by atoms with Crippen molar-refractivity contribution in [3.63, 3.8) is 0 Å². The molecule has 0 saturated heterocycles. The smallest absolute Gasteiger partial charge is 0.136 e. The summed E-state index contributed by atoms with van der Waals surface area (Å²) in [6.07, 6.45) is 3.96. The number of rotatable bonds is 6. The third-order valence-electron chi connectivity index (χ3n) is 2.56. The van der Waals surface area contributed by atoms with Crippen molar-refractivity contribution in [1.29, 1.82) is 0 Å². The molecule has 0 heterocycles. The van der Waals surface area contributed by atoms with E-state index in [4.69, 9.17) is 0 Å². The molecule has 0 saturated carbocycles. The maximum absolute atomic E-state index is 12.0. The van der Waals surface area contributed by atoms with Gasteiger partial charge in [0, 0.05) is 12.3 Å². The van der Waals surface area contributed by atoms with E-state index in [0.29, 0.717) is 11.7 Å². The summed E-state index contributed by atoms with van der Waals surface area (Å²) in [5.41, 5.74) is 0.270. The van der Waals surface area contributed by atoms with Crippen LogP contribution in [0.2, 0.25) is 0 Å². The second kappa shape index (κ2) is 6.30. The molecule has 0 aliphatic heterocycles. The predicted molar refractivity (Wildman–Crippen MR) is 66.9 cm³/mol. The van der Waals surface area contributed by atoms with Crippen molar-refractivity contribution in [3.05, 3.63) is 0 Å². The van der Waals surface area contributed by atoms with Crippen LogP contribution in [0.1, 0.15) is 67.2 Å². The number of hydrogen-bond acceptors (Lipinski definition) is 1. The van der Waals surface area contributed by atoms with E-state index in [2.05, 4.69) is 41.5 Å². The Bertz CT molecular complexity index is 186. The van der Waals surface area contributed by atoms with Gasteiger partial charge in [0.25, 0.3) is 0 Å². The van der Waals surface area contributed by atoms with E-state index in [1.807, 2.05) is 0 Å². The molecule has 0 aromatic carbocycles. The fourth-order valence-corrected chi connectivity index (χ4v) is 2.03. The minimum absolute atomic E-state index is 0.270. The first-order chi connectivity index (χ1) is 6.76.